The molecule has 0 aliphatic carbocycles. The molecular formula is C20H19N3O3. The molecule has 6 heteroatoms. The van der Waals surface area contributed by atoms with Gasteiger partial charge in [-0.25, -0.2) is 0 Å². The van der Waals surface area contributed by atoms with E-state index in [2.05, 4.69) is 10.3 Å². The maximum atomic E-state index is 12.5. The Kier molecular flexibility index (Phi) is 4.84. The molecule has 0 saturated heterocycles. The Morgan fingerprint density at radius 2 is 1.73 bits per heavy atom. The van der Waals surface area contributed by atoms with Gasteiger partial charge in [0.1, 0.15) is 0 Å². The van der Waals surface area contributed by atoms with Crippen molar-refractivity contribution in [3.05, 3.63) is 81.6 Å². The van der Waals surface area contributed by atoms with Gasteiger partial charge in [-0.3, -0.25) is 14.4 Å². The molecule has 0 unspecified atom stereocenters. The largest absolute Gasteiger partial charge is 0.348 e. The molecule has 0 aliphatic rings. The minimum Gasteiger partial charge on any atom is -0.348 e. The van der Waals surface area contributed by atoms with Crippen molar-refractivity contribution in [2.75, 3.05) is 14.1 Å². The van der Waals surface area contributed by atoms with Gasteiger partial charge < -0.3 is 15.2 Å². The maximum Gasteiger partial charge on any atom is 0.253 e. The van der Waals surface area contributed by atoms with E-state index in [-0.39, 0.29) is 17.4 Å². The van der Waals surface area contributed by atoms with E-state index >= 15 is 0 Å². The molecule has 0 aliphatic heterocycles. The summed E-state index contributed by atoms with van der Waals surface area (Å²) in [5.41, 5.74) is 2.09. The van der Waals surface area contributed by atoms with E-state index in [0.29, 0.717) is 28.6 Å². The molecule has 0 spiro atoms. The number of hydrogen-bond donors (Lipinski definition) is 2. The number of pyridine rings is 1. The quantitative estimate of drug-likeness (QED) is 0.757. The van der Waals surface area contributed by atoms with Crippen LogP contribution < -0.4 is 10.9 Å². The highest BCUT2D eigenvalue weighted by atomic mass is 16.2. The molecule has 2 aromatic carbocycles. The lowest BCUT2D eigenvalue weighted by molar-refractivity contribution is 0.0827. The Labute approximate surface area is 150 Å². The van der Waals surface area contributed by atoms with Crippen LogP contribution in [0.4, 0.5) is 0 Å². The molecule has 0 saturated carbocycles. The van der Waals surface area contributed by atoms with Crippen LogP contribution in [0, 0.1) is 0 Å². The second-order valence-electron chi connectivity index (χ2n) is 6.17. The van der Waals surface area contributed by atoms with Crippen LogP contribution >= 0.6 is 0 Å². The first kappa shape index (κ1) is 17.4. The third-order valence-electron chi connectivity index (χ3n) is 4.06. The minimum absolute atomic E-state index is 0.0735. The highest BCUT2D eigenvalue weighted by molar-refractivity contribution is 6.05. The summed E-state index contributed by atoms with van der Waals surface area (Å²) in [6, 6.07) is 15.5. The molecule has 0 bridgehead atoms. The van der Waals surface area contributed by atoms with E-state index in [9.17, 15) is 14.4 Å². The van der Waals surface area contributed by atoms with Crippen LogP contribution in [0.2, 0.25) is 0 Å². The van der Waals surface area contributed by atoms with Crippen LogP contribution in [-0.4, -0.2) is 35.8 Å². The number of amides is 2. The second-order valence-corrected chi connectivity index (χ2v) is 6.17. The van der Waals surface area contributed by atoms with Gasteiger partial charge in [0, 0.05) is 43.2 Å². The number of carbonyl (C=O) groups excluding carboxylic acids is 2. The molecule has 3 aromatic rings. The lowest BCUT2D eigenvalue weighted by Gasteiger charge is -2.11. The maximum absolute atomic E-state index is 12.5. The summed E-state index contributed by atoms with van der Waals surface area (Å²) in [4.78, 5) is 40.4. The SMILES string of the molecule is CN(C)C(=O)c1ccc(CNC(=O)c2cc(=O)[nH]c3ccccc23)cc1. The van der Waals surface area contributed by atoms with Gasteiger partial charge in [-0.2, -0.15) is 0 Å². The summed E-state index contributed by atoms with van der Waals surface area (Å²) in [7, 11) is 3.39. The zero-order valence-electron chi connectivity index (χ0n) is 14.6. The number of hydrogen-bond acceptors (Lipinski definition) is 3. The third-order valence-corrected chi connectivity index (χ3v) is 4.06. The molecule has 0 radical (unpaired) electrons. The number of carbonyl (C=O) groups is 2. The lowest BCUT2D eigenvalue weighted by Crippen LogP contribution is -2.25. The van der Waals surface area contributed by atoms with Gasteiger partial charge in [-0.1, -0.05) is 30.3 Å². The van der Waals surface area contributed by atoms with Gasteiger partial charge in [0.25, 0.3) is 11.8 Å². The van der Waals surface area contributed by atoms with Crippen LogP contribution in [0.15, 0.2) is 59.4 Å². The highest BCUT2D eigenvalue weighted by Gasteiger charge is 2.12. The summed E-state index contributed by atoms with van der Waals surface area (Å²) < 4.78 is 0. The molecule has 2 N–H and O–H groups in total. The topological polar surface area (TPSA) is 82.3 Å². The molecule has 132 valence electrons. The van der Waals surface area contributed by atoms with Gasteiger partial charge in [0.2, 0.25) is 5.56 Å². The normalized spacial score (nSPS) is 10.5. The number of para-hydroxylation sites is 1. The van der Waals surface area contributed by atoms with Gasteiger partial charge in [-0.15, -0.1) is 0 Å². The molecule has 0 atom stereocenters. The Balaban J connectivity index is 1.75. The monoisotopic (exact) mass is 349 g/mol. The Bertz CT molecular complexity index is 1020. The molecule has 0 fully saturated rings. The van der Waals surface area contributed by atoms with Crippen LogP contribution in [0.25, 0.3) is 10.9 Å². The van der Waals surface area contributed by atoms with E-state index in [0.717, 1.165) is 5.56 Å². The van der Waals surface area contributed by atoms with Gasteiger partial charge in [-0.05, 0) is 23.8 Å². The number of aromatic nitrogens is 1. The van der Waals surface area contributed by atoms with Crippen LogP contribution in [0.1, 0.15) is 26.3 Å². The summed E-state index contributed by atoms with van der Waals surface area (Å²) in [5, 5.41) is 3.51. The first-order chi connectivity index (χ1) is 12.5. The average molecular weight is 349 g/mol. The fraction of sp³-hybridized carbons (Fsp3) is 0.150. The van der Waals surface area contributed by atoms with E-state index in [4.69, 9.17) is 0 Å². The van der Waals surface area contributed by atoms with Gasteiger partial charge in [0.15, 0.2) is 0 Å². The average Bonchev–Trinajstić information content (AvgIpc) is 2.65. The summed E-state index contributed by atoms with van der Waals surface area (Å²) >= 11 is 0. The number of aromatic amines is 1. The number of rotatable bonds is 4. The van der Waals surface area contributed by atoms with Crippen LogP contribution in [0.5, 0.6) is 0 Å². The summed E-state index contributed by atoms with van der Waals surface area (Å²) in [5.74, 6) is -0.392. The first-order valence-electron chi connectivity index (χ1n) is 8.16. The first-order valence-corrected chi connectivity index (χ1v) is 8.16. The predicted octanol–water partition coefficient (Wildman–Crippen LogP) is 2.16. The van der Waals surface area contributed by atoms with Crippen molar-refractivity contribution in [1.29, 1.82) is 0 Å². The van der Waals surface area contributed by atoms with Crippen molar-refractivity contribution in [3.8, 4) is 0 Å². The van der Waals surface area contributed by atoms with Crippen molar-refractivity contribution in [2.24, 2.45) is 0 Å². The van der Waals surface area contributed by atoms with E-state index in [1.807, 2.05) is 6.07 Å². The number of nitrogens with one attached hydrogen (secondary N) is 2. The molecular weight excluding hydrogens is 330 g/mol. The molecule has 3 rings (SSSR count). The number of benzene rings is 2. The van der Waals surface area contributed by atoms with Crippen molar-refractivity contribution in [2.45, 2.75) is 6.54 Å². The standard InChI is InChI=1S/C20H19N3O3/c1-23(2)20(26)14-9-7-13(8-10-14)12-21-19(25)16-11-18(24)22-17-6-4-3-5-15(16)17/h3-11H,12H2,1-2H3,(H,21,25)(H,22,24). The van der Waals surface area contributed by atoms with E-state index in [1.165, 1.54) is 11.0 Å². The van der Waals surface area contributed by atoms with E-state index in [1.54, 1.807) is 56.6 Å². The molecule has 1 aromatic heterocycles. The van der Waals surface area contributed by atoms with Crippen molar-refractivity contribution >= 4 is 22.7 Å². The van der Waals surface area contributed by atoms with Gasteiger partial charge >= 0.3 is 0 Å². The third kappa shape index (κ3) is 3.64. The fourth-order valence-electron chi connectivity index (χ4n) is 2.69. The Morgan fingerprint density at radius 1 is 1.04 bits per heavy atom. The zero-order valence-corrected chi connectivity index (χ0v) is 14.6. The number of nitrogens with zero attached hydrogens (tertiary/aromatic N) is 1. The van der Waals surface area contributed by atoms with Gasteiger partial charge in [0.05, 0.1) is 5.56 Å². The van der Waals surface area contributed by atoms with Crippen molar-refractivity contribution < 1.29 is 9.59 Å². The summed E-state index contributed by atoms with van der Waals surface area (Å²) in [6.07, 6.45) is 0. The van der Waals surface area contributed by atoms with Crippen LogP contribution in [-0.2, 0) is 6.54 Å². The Hall–Kier alpha value is -3.41. The molecule has 2 amide bonds. The molecule has 6 nitrogen and oxygen atoms in total. The van der Waals surface area contributed by atoms with Crippen LogP contribution in [0.3, 0.4) is 0 Å². The highest BCUT2D eigenvalue weighted by Crippen LogP contribution is 2.14. The molecule has 1 heterocycles. The summed E-state index contributed by atoms with van der Waals surface area (Å²) in [6.45, 7) is 0.302. The number of H-pyrrole nitrogens is 1. The lowest BCUT2D eigenvalue weighted by atomic mass is 10.1. The Morgan fingerprint density at radius 3 is 2.42 bits per heavy atom. The molecule has 26 heavy (non-hydrogen) atoms. The van der Waals surface area contributed by atoms with E-state index < -0.39 is 0 Å². The van der Waals surface area contributed by atoms with Crippen molar-refractivity contribution in [3.63, 3.8) is 0 Å². The number of fused-ring (bicyclic) bond motifs is 1. The predicted molar refractivity (Wildman–Crippen MR) is 100 cm³/mol. The fourth-order valence-corrected chi connectivity index (χ4v) is 2.69. The second kappa shape index (κ2) is 7.23. The zero-order chi connectivity index (χ0) is 18.7. The smallest absolute Gasteiger partial charge is 0.253 e. The minimum atomic E-state index is -0.319. The van der Waals surface area contributed by atoms with Crippen molar-refractivity contribution in [1.82, 2.24) is 15.2 Å².